The average Bonchev–Trinajstić information content (AvgIpc) is 2.29. The van der Waals surface area contributed by atoms with Gasteiger partial charge in [-0.2, -0.15) is 0 Å². The van der Waals surface area contributed by atoms with Crippen LogP contribution in [0.3, 0.4) is 0 Å². The Balaban J connectivity index is 4.32. The number of carbonyl (C=O) groups is 1. The van der Waals surface area contributed by atoms with Crippen molar-refractivity contribution in [1.29, 1.82) is 0 Å². The molecule has 1 atom stereocenters. The molecule has 0 saturated heterocycles. The summed E-state index contributed by atoms with van der Waals surface area (Å²) in [6, 6.07) is 0. The molecule has 0 radical (unpaired) electrons. The molecule has 0 amide bonds. The van der Waals surface area contributed by atoms with Gasteiger partial charge in [0.15, 0.2) is 8.32 Å². The molecule has 3 heteroatoms. The molecule has 120 valence electrons. The average molecular weight is 301 g/mol. The highest BCUT2D eigenvalue weighted by Gasteiger charge is 2.37. The number of rotatable bonds is 10. The third-order valence-electron chi connectivity index (χ3n) is 4.53. The molecule has 0 aliphatic heterocycles. The highest BCUT2D eigenvalue weighted by Crippen LogP contribution is 2.37. The molecule has 2 nitrogen and oxygen atoms in total. The number of hydrogen-bond acceptors (Lipinski definition) is 2. The Morgan fingerprint density at radius 2 is 1.75 bits per heavy atom. The lowest BCUT2D eigenvalue weighted by atomic mass is 9.97. The molecule has 1 unspecified atom stereocenters. The summed E-state index contributed by atoms with van der Waals surface area (Å²) in [6.45, 7) is 16.1. The van der Waals surface area contributed by atoms with Gasteiger partial charge in [-0.05, 0) is 37.4 Å². The quantitative estimate of drug-likeness (QED) is 0.389. The largest absolute Gasteiger partial charge is 0.417 e. The van der Waals surface area contributed by atoms with Gasteiger partial charge in [0.1, 0.15) is 5.78 Å². The van der Waals surface area contributed by atoms with Gasteiger partial charge in [0.2, 0.25) is 0 Å². The van der Waals surface area contributed by atoms with Gasteiger partial charge in [0, 0.05) is 13.0 Å². The van der Waals surface area contributed by atoms with E-state index >= 15 is 0 Å². The molecule has 0 saturated carbocycles. The summed E-state index contributed by atoms with van der Waals surface area (Å²) >= 11 is 0. The van der Waals surface area contributed by atoms with Crippen LogP contribution in [0.5, 0.6) is 0 Å². The molecule has 0 bridgehead atoms. The number of Topliss-reactive ketones (excluding diaryl/α,β-unsaturated/α-hetero) is 1. The van der Waals surface area contributed by atoms with Crippen molar-refractivity contribution >= 4 is 14.1 Å². The molecule has 0 aromatic heterocycles. The van der Waals surface area contributed by atoms with Crippen LogP contribution in [0.25, 0.3) is 0 Å². The third kappa shape index (κ3) is 8.20. The van der Waals surface area contributed by atoms with Crippen LogP contribution >= 0.6 is 0 Å². The lowest BCUT2D eigenvalue weighted by Gasteiger charge is -2.37. The second-order valence-electron chi connectivity index (χ2n) is 7.69. The molecule has 0 aromatic rings. The fourth-order valence-electron chi connectivity index (χ4n) is 2.05. The van der Waals surface area contributed by atoms with E-state index in [-0.39, 0.29) is 5.04 Å². The van der Waals surface area contributed by atoms with Crippen molar-refractivity contribution in [3.05, 3.63) is 0 Å². The van der Waals surface area contributed by atoms with Gasteiger partial charge in [-0.15, -0.1) is 0 Å². The minimum Gasteiger partial charge on any atom is -0.417 e. The predicted molar refractivity (Wildman–Crippen MR) is 90.7 cm³/mol. The van der Waals surface area contributed by atoms with Gasteiger partial charge in [0.05, 0.1) is 0 Å². The minimum absolute atomic E-state index is 0.246. The Hall–Kier alpha value is -0.153. The molecule has 0 spiro atoms. The van der Waals surface area contributed by atoms with Crippen molar-refractivity contribution in [3.8, 4) is 0 Å². The summed E-state index contributed by atoms with van der Waals surface area (Å²) in [5, 5.41) is 0.246. The molecule has 0 rings (SSSR count). The van der Waals surface area contributed by atoms with Crippen LogP contribution in [0.15, 0.2) is 0 Å². The fraction of sp³-hybridized carbons (Fsp3) is 0.941. The van der Waals surface area contributed by atoms with Crippen LogP contribution in [0.2, 0.25) is 18.1 Å². The molecule has 0 heterocycles. The number of carbonyl (C=O) groups excluding carboxylic acids is 1. The van der Waals surface area contributed by atoms with Gasteiger partial charge < -0.3 is 9.22 Å². The lowest BCUT2D eigenvalue weighted by Crippen LogP contribution is -2.42. The third-order valence-corrected chi connectivity index (χ3v) is 9.03. The van der Waals surface area contributed by atoms with E-state index in [1.165, 1.54) is 25.7 Å². The van der Waals surface area contributed by atoms with Crippen LogP contribution in [0.1, 0.15) is 73.1 Å². The summed E-state index contributed by atoms with van der Waals surface area (Å²) in [7, 11) is -1.68. The van der Waals surface area contributed by atoms with Gasteiger partial charge >= 0.3 is 0 Å². The summed E-state index contributed by atoms with van der Waals surface area (Å²) in [5.74, 6) is 0.711. The smallest absolute Gasteiger partial charge is 0.191 e. The van der Waals surface area contributed by atoms with E-state index in [9.17, 15) is 4.79 Å². The van der Waals surface area contributed by atoms with Crippen molar-refractivity contribution in [1.82, 2.24) is 0 Å². The van der Waals surface area contributed by atoms with E-state index in [0.29, 0.717) is 18.1 Å². The van der Waals surface area contributed by atoms with Crippen molar-refractivity contribution in [2.45, 2.75) is 91.3 Å². The van der Waals surface area contributed by atoms with Crippen molar-refractivity contribution in [2.24, 2.45) is 5.92 Å². The number of hydrogen-bond donors (Lipinski definition) is 0. The number of ketones is 1. The van der Waals surface area contributed by atoms with Crippen LogP contribution in [0, 0.1) is 5.92 Å². The number of unbranched alkanes of at least 4 members (excludes halogenated alkanes) is 3. The molecule has 20 heavy (non-hydrogen) atoms. The van der Waals surface area contributed by atoms with Crippen LogP contribution < -0.4 is 0 Å². The summed E-state index contributed by atoms with van der Waals surface area (Å²) in [5.41, 5.74) is 0. The van der Waals surface area contributed by atoms with E-state index in [4.69, 9.17) is 4.43 Å². The Kier molecular flexibility index (Phi) is 8.92. The van der Waals surface area contributed by atoms with Gasteiger partial charge in [0.25, 0.3) is 0 Å². The van der Waals surface area contributed by atoms with Crippen LogP contribution in [0.4, 0.5) is 0 Å². The van der Waals surface area contributed by atoms with Gasteiger partial charge in [-0.1, -0.05) is 53.4 Å². The molecule has 0 aliphatic rings. The Labute approximate surface area is 127 Å². The zero-order chi connectivity index (χ0) is 15.8. The summed E-state index contributed by atoms with van der Waals surface area (Å²) in [4.78, 5) is 11.4. The van der Waals surface area contributed by atoms with Crippen molar-refractivity contribution in [2.75, 3.05) is 6.61 Å². The monoisotopic (exact) mass is 300 g/mol. The zero-order valence-corrected chi connectivity index (χ0v) is 15.8. The van der Waals surface area contributed by atoms with Gasteiger partial charge in [-0.25, -0.2) is 0 Å². The SMILES string of the molecule is CCCCCCC(CO[Si](C)(C)C(C)(C)C)CC(C)=O. The van der Waals surface area contributed by atoms with Crippen molar-refractivity contribution < 1.29 is 9.22 Å². The Morgan fingerprint density at radius 1 is 1.15 bits per heavy atom. The van der Waals surface area contributed by atoms with E-state index in [1.54, 1.807) is 6.92 Å². The second kappa shape index (κ2) is 8.99. The normalized spacial score (nSPS) is 14.3. The molecular weight excluding hydrogens is 264 g/mol. The first-order valence-corrected chi connectivity index (χ1v) is 11.1. The predicted octanol–water partition coefficient (Wildman–Crippen LogP) is 5.57. The van der Waals surface area contributed by atoms with E-state index in [0.717, 1.165) is 13.0 Å². The second-order valence-corrected chi connectivity index (χ2v) is 12.5. The topological polar surface area (TPSA) is 26.3 Å². The first-order valence-electron chi connectivity index (χ1n) is 8.23. The molecular formula is C17H36O2Si. The van der Waals surface area contributed by atoms with Crippen molar-refractivity contribution in [3.63, 3.8) is 0 Å². The van der Waals surface area contributed by atoms with Crippen LogP contribution in [-0.4, -0.2) is 20.7 Å². The van der Waals surface area contributed by atoms with Gasteiger partial charge in [-0.3, -0.25) is 0 Å². The maximum absolute atomic E-state index is 11.4. The first kappa shape index (κ1) is 19.8. The zero-order valence-electron chi connectivity index (χ0n) is 14.8. The maximum atomic E-state index is 11.4. The molecule has 0 fully saturated rings. The van der Waals surface area contributed by atoms with E-state index in [2.05, 4.69) is 40.8 Å². The summed E-state index contributed by atoms with van der Waals surface area (Å²) in [6.07, 6.45) is 6.89. The molecule has 0 N–H and O–H groups in total. The van der Waals surface area contributed by atoms with E-state index < -0.39 is 8.32 Å². The summed E-state index contributed by atoms with van der Waals surface area (Å²) < 4.78 is 6.30. The van der Waals surface area contributed by atoms with E-state index in [1.807, 2.05) is 0 Å². The highest BCUT2D eigenvalue weighted by molar-refractivity contribution is 6.74. The first-order chi connectivity index (χ1) is 9.10. The minimum atomic E-state index is -1.68. The standard InChI is InChI=1S/C17H36O2Si/c1-8-9-10-11-12-16(13-15(2)18)14-19-20(6,7)17(3,4)5/h16H,8-14H2,1-7H3. The lowest BCUT2D eigenvalue weighted by molar-refractivity contribution is -0.118. The highest BCUT2D eigenvalue weighted by atomic mass is 28.4. The fourth-order valence-corrected chi connectivity index (χ4v) is 3.14. The van der Waals surface area contributed by atoms with Crippen LogP contribution in [-0.2, 0) is 9.22 Å². The Bertz CT molecular complexity index is 279. The Morgan fingerprint density at radius 3 is 2.20 bits per heavy atom. The maximum Gasteiger partial charge on any atom is 0.191 e. The molecule has 0 aliphatic carbocycles. The molecule has 0 aromatic carbocycles.